The van der Waals surface area contributed by atoms with Crippen LogP contribution in [0.2, 0.25) is 0 Å². The molecule has 1 fully saturated rings. The molecule has 16 heavy (non-hydrogen) atoms. The summed E-state index contributed by atoms with van der Waals surface area (Å²) < 4.78 is 5.08. The third-order valence-electron chi connectivity index (χ3n) is 3.19. The zero-order chi connectivity index (χ0) is 12.0. The van der Waals surface area contributed by atoms with E-state index >= 15 is 0 Å². The molecule has 1 N–H and O–H groups in total. The number of ether oxygens (including phenoxy) is 1. The van der Waals surface area contributed by atoms with E-state index in [9.17, 15) is 5.11 Å². The summed E-state index contributed by atoms with van der Waals surface area (Å²) in [6.45, 7) is 5.11. The van der Waals surface area contributed by atoms with Gasteiger partial charge in [0, 0.05) is 35.7 Å². The molecule has 0 bridgehead atoms. The molecule has 4 atom stereocenters. The zero-order valence-electron chi connectivity index (χ0n) is 10.5. The van der Waals surface area contributed by atoms with Crippen molar-refractivity contribution in [3.05, 3.63) is 0 Å². The van der Waals surface area contributed by atoms with E-state index in [4.69, 9.17) is 4.74 Å². The van der Waals surface area contributed by atoms with Gasteiger partial charge in [0.15, 0.2) is 0 Å². The van der Waals surface area contributed by atoms with Crippen molar-refractivity contribution in [3.8, 4) is 0 Å². The quantitative estimate of drug-likeness (QED) is 0.799. The second kappa shape index (κ2) is 7.85. The molecule has 0 radical (unpaired) electrons. The molecule has 1 rings (SSSR count). The van der Waals surface area contributed by atoms with Crippen molar-refractivity contribution in [2.45, 2.75) is 43.3 Å². The molecule has 0 aromatic heterocycles. The van der Waals surface area contributed by atoms with Crippen LogP contribution in [0.1, 0.15) is 26.7 Å². The molecule has 0 spiro atoms. The molecule has 1 saturated heterocycles. The molecular formula is C12H24O2S2. The number of aliphatic hydroxyl groups is 1. The summed E-state index contributed by atoms with van der Waals surface area (Å²) in [5, 5.41) is 11.4. The molecular weight excluding hydrogens is 240 g/mol. The summed E-state index contributed by atoms with van der Waals surface area (Å²) in [4.78, 5) is 0. The highest BCUT2D eigenvalue weighted by atomic mass is 32.2. The molecule has 0 amide bonds. The van der Waals surface area contributed by atoms with Crippen LogP contribution >= 0.6 is 23.5 Å². The highest BCUT2D eigenvalue weighted by Crippen LogP contribution is 2.37. The lowest BCUT2D eigenvalue weighted by Gasteiger charge is -2.35. The van der Waals surface area contributed by atoms with Crippen molar-refractivity contribution in [3.63, 3.8) is 0 Å². The van der Waals surface area contributed by atoms with Crippen LogP contribution in [-0.4, -0.2) is 46.9 Å². The normalized spacial score (nSPS) is 30.0. The minimum atomic E-state index is -0.183. The molecule has 1 aliphatic heterocycles. The van der Waals surface area contributed by atoms with Gasteiger partial charge in [-0.1, -0.05) is 13.8 Å². The Balaban J connectivity index is 2.45. The summed E-state index contributed by atoms with van der Waals surface area (Å²) in [7, 11) is 1.72. The molecule has 96 valence electrons. The first-order valence-corrected chi connectivity index (χ1v) is 8.20. The summed E-state index contributed by atoms with van der Waals surface area (Å²) in [5.74, 6) is 2.75. The maximum absolute atomic E-state index is 10.4. The average Bonchev–Trinajstić information content (AvgIpc) is 2.34. The Morgan fingerprint density at radius 3 is 2.69 bits per heavy atom. The Morgan fingerprint density at radius 2 is 2.06 bits per heavy atom. The number of aliphatic hydroxyl groups excluding tert-OH is 1. The van der Waals surface area contributed by atoms with Gasteiger partial charge in [0.1, 0.15) is 0 Å². The first kappa shape index (κ1) is 14.7. The van der Waals surface area contributed by atoms with E-state index in [1.165, 1.54) is 11.5 Å². The van der Waals surface area contributed by atoms with Gasteiger partial charge in [-0.2, -0.15) is 23.5 Å². The van der Waals surface area contributed by atoms with E-state index in [1.54, 1.807) is 7.11 Å². The van der Waals surface area contributed by atoms with Gasteiger partial charge in [-0.25, -0.2) is 0 Å². The van der Waals surface area contributed by atoms with Gasteiger partial charge in [0.2, 0.25) is 0 Å². The van der Waals surface area contributed by atoms with Crippen LogP contribution in [0.15, 0.2) is 0 Å². The summed E-state index contributed by atoms with van der Waals surface area (Å²) >= 11 is 3.98. The molecule has 2 nitrogen and oxygen atoms in total. The maximum Gasteiger partial charge on any atom is 0.0695 e. The third kappa shape index (κ3) is 4.13. The smallest absolute Gasteiger partial charge is 0.0695 e. The molecule has 4 unspecified atom stereocenters. The lowest BCUT2D eigenvalue weighted by molar-refractivity contribution is 0.0856. The van der Waals surface area contributed by atoms with E-state index in [0.717, 1.165) is 19.4 Å². The molecule has 0 saturated carbocycles. The fraction of sp³-hybridized carbons (Fsp3) is 1.00. The number of thioether (sulfide) groups is 2. The largest absolute Gasteiger partial charge is 0.392 e. The van der Waals surface area contributed by atoms with Crippen LogP contribution in [0, 0.1) is 5.92 Å². The fourth-order valence-corrected chi connectivity index (χ4v) is 5.33. The molecule has 4 heteroatoms. The van der Waals surface area contributed by atoms with Gasteiger partial charge >= 0.3 is 0 Å². The molecule has 1 heterocycles. The Bertz CT molecular complexity index is 190. The van der Waals surface area contributed by atoms with Gasteiger partial charge in [-0.3, -0.25) is 0 Å². The van der Waals surface area contributed by atoms with Crippen LogP contribution in [0.3, 0.4) is 0 Å². The minimum absolute atomic E-state index is 0.183. The standard InChI is InChI=1S/C12H24O2S2/c1-4-10-12(16-8-7-15-10)11(13)9(2)5-6-14-3/h9-13H,4-8H2,1-3H3. The van der Waals surface area contributed by atoms with Crippen molar-refractivity contribution in [1.29, 1.82) is 0 Å². The summed E-state index contributed by atoms with van der Waals surface area (Å²) in [5.41, 5.74) is 0. The third-order valence-corrected chi connectivity index (χ3v) is 6.55. The molecule has 0 aromatic rings. The van der Waals surface area contributed by atoms with Crippen molar-refractivity contribution in [2.75, 3.05) is 25.2 Å². The number of hydrogen-bond acceptors (Lipinski definition) is 4. The van der Waals surface area contributed by atoms with Gasteiger partial charge in [0.25, 0.3) is 0 Å². The zero-order valence-corrected chi connectivity index (χ0v) is 12.1. The van der Waals surface area contributed by atoms with Crippen LogP contribution in [-0.2, 0) is 4.74 Å². The Labute approximate surface area is 108 Å². The fourth-order valence-electron chi connectivity index (χ4n) is 2.05. The SMILES string of the molecule is CCC1SCCSC1C(O)C(C)CCOC. The highest BCUT2D eigenvalue weighted by molar-refractivity contribution is 8.07. The minimum Gasteiger partial charge on any atom is -0.392 e. The average molecular weight is 264 g/mol. The number of hydrogen-bond donors (Lipinski definition) is 1. The van der Waals surface area contributed by atoms with Crippen molar-refractivity contribution in [2.24, 2.45) is 5.92 Å². The van der Waals surface area contributed by atoms with Crippen LogP contribution in [0.4, 0.5) is 0 Å². The van der Waals surface area contributed by atoms with Crippen LogP contribution in [0.5, 0.6) is 0 Å². The highest BCUT2D eigenvalue weighted by Gasteiger charge is 2.33. The van der Waals surface area contributed by atoms with Crippen molar-refractivity contribution < 1.29 is 9.84 Å². The van der Waals surface area contributed by atoms with E-state index in [-0.39, 0.29) is 6.10 Å². The topological polar surface area (TPSA) is 29.5 Å². The lowest BCUT2D eigenvalue weighted by Crippen LogP contribution is -2.40. The van der Waals surface area contributed by atoms with E-state index in [1.807, 2.05) is 23.5 Å². The first-order valence-electron chi connectivity index (χ1n) is 6.10. The number of methoxy groups -OCH3 is 1. The Hall–Kier alpha value is 0.620. The van der Waals surface area contributed by atoms with Gasteiger partial charge in [0.05, 0.1) is 6.10 Å². The Morgan fingerprint density at radius 1 is 1.38 bits per heavy atom. The molecule has 0 aromatic carbocycles. The van der Waals surface area contributed by atoms with E-state index in [2.05, 4.69) is 13.8 Å². The van der Waals surface area contributed by atoms with Crippen LogP contribution < -0.4 is 0 Å². The van der Waals surface area contributed by atoms with Gasteiger partial charge in [-0.05, 0) is 18.8 Å². The first-order chi connectivity index (χ1) is 7.70. The monoisotopic (exact) mass is 264 g/mol. The summed E-state index contributed by atoms with van der Waals surface area (Å²) in [6.07, 6.45) is 1.93. The number of rotatable bonds is 6. The van der Waals surface area contributed by atoms with Crippen molar-refractivity contribution in [1.82, 2.24) is 0 Å². The second-order valence-corrected chi connectivity index (χ2v) is 7.04. The molecule has 0 aliphatic carbocycles. The van der Waals surface area contributed by atoms with Crippen molar-refractivity contribution >= 4 is 23.5 Å². The second-order valence-electron chi connectivity index (χ2n) is 4.40. The van der Waals surface area contributed by atoms with E-state index < -0.39 is 0 Å². The van der Waals surface area contributed by atoms with Gasteiger partial charge < -0.3 is 9.84 Å². The predicted molar refractivity (Wildman–Crippen MR) is 74.4 cm³/mol. The lowest BCUT2D eigenvalue weighted by atomic mass is 9.96. The van der Waals surface area contributed by atoms with E-state index in [0.29, 0.717) is 16.4 Å². The summed E-state index contributed by atoms with van der Waals surface area (Å²) in [6, 6.07) is 0. The van der Waals surface area contributed by atoms with Crippen LogP contribution in [0.25, 0.3) is 0 Å². The van der Waals surface area contributed by atoms with Gasteiger partial charge in [-0.15, -0.1) is 0 Å². The maximum atomic E-state index is 10.4. The predicted octanol–water partition coefficient (Wildman–Crippen LogP) is 2.65. The Kier molecular flexibility index (Phi) is 7.20. The molecule has 1 aliphatic rings.